The summed E-state index contributed by atoms with van der Waals surface area (Å²) < 4.78 is 0. The summed E-state index contributed by atoms with van der Waals surface area (Å²) in [7, 11) is 0. The Balaban J connectivity index is 2.24. The van der Waals surface area contributed by atoms with Crippen molar-refractivity contribution in [2.45, 2.75) is 26.3 Å². The van der Waals surface area contributed by atoms with Crippen LogP contribution in [0.5, 0.6) is 0 Å². The van der Waals surface area contributed by atoms with Crippen molar-refractivity contribution in [3.8, 4) is 10.6 Å². The van der Waals surface area contributed by atoms with E-state index in [0.717, 1.165) is 28.5 Å². The SMILES string of the molecule is CCNC(CC)c1nnc(-c2ccc(=O)[nH]c2)s1. The first-order valence-electron chi connectivity index (χ1n) is 6.00. The molecule has 0 spiro atoms. The van der Waals surface area contributed by atoms with Crippen LogP contribution in [0.4, 0.5) is 0 Å². The number of hydrogen-bond donors (Lipinski definition) is 2. The highest BCUT2D eigenvalue weighted by molar-refractivity contribution is 7.14. The molecule has 1 unspecified atom stereocenters. The van der Waals surface area contributed by atoms with Gasteiger partial charge in [-0.25, -0.2) is 0 Å². The standard InChI is InChI=1S/C12H16N4OS/c1-3-9(13-4-2)12-16-15-11(18-12)8-5-6-10(17)14-7-8/h5-7,9,13H,3-4H2,1-2H3,(H,14,17). The van der Waals surface area contributed by atoms with Gasteiger partial charge in [0.05, 0.1) is 6.04 Å². The Kier molecular flexibility index (Phi) is 4.22. The molecule has 2 N–H and O–H groups in total. The molecule has 0 aliphatic rings. The van der Waals surface area contributed by atoms with Crippen LogP contribution in [-0.2, 0) is 0 Å². The van der Waals surface area contributed by atoms with Crippen molar-refractivity contribution in [1.82, 2.24) is 20.5 Å². The van der Waals surface area contributed by atoms with Gasteiger partial charge in [0, 0.05) is 17.8 Å². The summed E-state index contributed by atoms with van der Waals surface area (Å²) in [5.74, 6) is 0. The predicted octanol–water partition coefficient (Wildman–Crippen LogP) is 1.95. The van der Waals surface area contributed by atoms with Crippen LogP contribution in [0.1, 0.15) is 31.3 Å². The summed E-state index contributed by atoms with van der Waals surface area (Å²) in [6.07, 6.45) is 2.65. The molecule has 0 aromatic carbocycles. The van der Waals surface area contributed by atoms with E-state index in [4.69, 9.17) is 0 Å². The Hall–Kier alpha value is -1.53. The zero-order valence-electron chi connectivity index (χ0n) is 10.4. The molecule has 1 atom stereocenters. The van der Waals surface area contributed by atoms with Gasteiger partial charge in [0.2, 0.25) is 5.56 Å². The highest BCUT2D eigenvalue weighted by atomic mass is 32.1. The molecule has 0 aliphatic heterocycles. The molecule has 18 heavy (non-hydrogen) atoms. The summed E-state index contributed by atoms with van der Waals surface area (Å²) in [5, 5.41) is 13.6. The van der Waals surface area contributed by atoms with E-state index in [1.54, 1.807) is 23.6 Å². The first-order chi connectivity index (χ1) is 8.74. The normalized spacial score (nSPS) is 12.6. The van der Waals surface area contributed by atoms with E-state index in [1.807, 2.05) is 0 Å². The van der Waals surface area contributed by atoms with E-state index in [1.165, 1.54) is 6.07 Å². The van der Waals surface area contributed by atoms with E-state index < -0.39 is 0 Å². The number of aromatic amines is 1. The number of aromatic nitrogens is 3. The van der Waals surface area contributed by atoms with Gasteiger partial charge >= 0.3 is 0 Å². The van der Waals surface area contributed by atoms with Crippen molar-refractivity contribution in [1.29, 1.82) is 0 Å². The average Bonchev–Trinajstić information content (AvgIpc) is 2.86. The molecule has 0 saturated carbocycles. The number of nitrogens with zero attached hydrogens (tertiary/aromatic N) is 2. The minimum Gasteiger partial charge on any atom is -0.328 e. The van der Waals surface area contributed by atoms with Gasteiger partial charge < -0.3 is 10.3 Å². The van der Waals surface area contributed by atoms with Crippen LogP contribution in [0.2, 0.25) is 0 Å². The molecular formula is C12H16N4OS. The summed E-state index contributed by atoms with van der Waals surface area (Å²) in [4.78, 5) is 13.6. The van der Waals surface area contributed by atoms with E-state index >= 15 is 0 Å². The number of pyridine rings is 1. The molecule has 0 amide bonds. The van der Waals surface area contributed by atoms with Gasteiger partial charge in [0.1, 0.15) is 10.0 Å². The second-order valence-electron chi connectivity index (χ2n) is 3.91. The van der Waals surface area contributed by atoms with E-state index in [0.29, 0.717) is 0 Å². The van der Waals surface area contributed by atoms with Gasteiger partial charge in [-0.1, -0.05) is 25.2 Å². The third-order valence-electron chi connectivity index (χ3n) is 2.63. The summed E-state index contributed by atoms with van der Waals surface area (Å²) in [6.45, 7) is 5.10. The van der Waals surface area contributed by atoms with E-state index in [2.05, 4.69) is 34.3 Å². The van der Waals surface area contributed by atoms with Gasteiger partial charge in [0.15, 0.2) is 0 Å². The van der Waals surface area contributed by atoms with Crippen molar-refractivity contribution < 1.29 is 0 Å². The van der Waals surface area contributed by atoms with Gasteiger partial charge in [-0.05, 0) is 19.0 Å². The molecular weight excluding hydrogens is 248 g/mol. The van der Waals surface area contributed by atoms with Gasteiger partial charge in [0.25, 0.3) is 0 Å². The van der Waals surface area contributed by atoms with Gasteiger partial charge in [-0.15, -0.1) is 10.2 Å². The molecule has 96 valence electrons. The third-order valence-corrected chi connectivity index (χ3v) is 3.71. The fourth-order valence-electron chi connectivity index (χ4n) is 1.69. The lowest BCUT2D eigenvalue weighted by atomic mass is 10.2. The van der Waals surface area contributed by atoms with Gasteiger partial charge in [-0.3, -0.25) is 4.79 Å². The van der Waals surface area contributed by atoms with Crippen LogP contribution in [0, 0.1) is 0 Å². The fraction of sp³-hybridized carbons (Fsp3) is 0.417. The highest BCUT2D eigenvalue weighted by Crippen LogP contribution is 2.27. The van der Waals surface area contributed by atoms with E-state index in [-0.39, 0.29) is 11.6 Å². The smallest absolute Gasteiger partial charge is 0.247 e. The fourth-order valence-corrected chi connectivity index (χ4v) is 2.69. The van der Waals surface area contributed by atoms with Crippen LogP contribution in [0.15, 0.2) is 23.1 Å². The van der Waals surface area contributed by atoms with E-state index in [9.17, 15) is 4.79 Å². The molecule has 0 radical (unpaired) electrons. The molecule has 0 saturated heterocycles. The Labute approximate surface area is 109 Å². The molecule has 2 aromatic heterocycles. The summed E-state index contributed by atoms with van der Waals surface area (Å²) >= 11 is 1.56. The second kappa shape index (κ2) is 5.88. The second-order valence-corrected chi connectivity index (χ2v) is 4.91. The maximum Gasteiger partial charge on any atom is 0.247 e. The van der Waals surface area contributed by atoms with Crippen LogP contribution < -0.4 is 10.9 Å². The largest absolute Gasteiger partial charge is 0.328 e. The monoisotopic (exact) mass is 264 g/mol. The molecule has 0 bridgehead atoms. The van der Waals surface area contributed by atoms with Crippen molar-refractivity contribution in [2.24, 2.45) is 0 Å². The highest BCUT2D eigenvalue weighted by Gasteiger charge is 2.14. The van der Waals surface area contributed by atoms with Crippen LogP contribution in [-0.4, -0.2) is 21.7 Å². The Morgan fingerprint density at radius 3 is 2.83 bits per heavy atom. The predicted molar refractivity (Wildman–Crippen MR) is 72.7 cm³/mol. The lowest BCUT2D eigenvalue weighted by Gasteiger charge is -2.10. The minimum absolute atomic E-state index is 0.109. The lowest BCUT2D eigenvalue weighted by Crippen LogP contribution is -2.19. The summed E-state index contributed by atoms with van der Waals surface area (Å²) in [6, 6.07) is 3.51. The molecule has 0 fully saturated rings. The topological polar surface area (TPSA) is 70.7 Å². The molecule has 0 aliphatic carbocycles. The molecule has 5 nitrogen and oxygen atoms in total. The number of rotatable bonds is 5. The van der Waals surface area contributed by atoms with Crippen LogP contribution >= 0.6 is 11.3 Å². The van der Waals surface area contributed by atoms with Gasteiger partial charge in [-0.2, -0.15) is 0 Å². The number of H-pyrrole nitrogens is 1. The molecule has 6 heteroatoms. The summed E-state index contributed by atoms with van der Waals surface area (Å²) in [5.41, 5.74) is 0.785. The number of hydrogen-bond acceptors (Lipinski definition) is 5. The third kappa shape index (κ3) is 2.83. The van der Waals surface area contributed by atoms with Crippen molar-refractivity contribution in [3.05, 3.63) is 33.7 Å². The number of nitrogens with one attached hydrogen (secondary N) is 2. The molecule has 2 rings (SSSR count). The van der Waals surface area contributed by atoms with Crippen molar-refractivity contribution in [2.75, 3.05) is 6.54 Å². The minimum atomic E-state index is -0.109. The Morgan fingerprint density at radius 1 is 1.39 bits per heavy atom. The Bertz CT molecular complexity index is 543. The van der Waals surface area contributed by atoms with Crippen LogP contribution in [0.25, 0.3) is 10.6 Å². The average molecular weight is 264 g/mol. The molecule has 2 aromatic rings. The quantitative estimate of drug-likeness (QED) is 0.866. The zero-order chi connectivity index (χ0) is 13.0. The van der Waals surface area contributed by atoms with Crippen molar-refractivity contribution >= 4 is 11.3 Å². The van der Waals surface area contributed by atoms with Crippen molar-refractivity contribution in [3.63, 3.8) is 0 Å². The first-order valence-corrected chi connectivity index (χ1v) is 6.82. The van der Waals surface area contributed by atoms with Crippen LogP contribution in [0.3, 0.4) is 0 Å². The maximum absolute atomic E-state index is 11.0. The molecule has 2 heterocycles. The first kappa shape index (κ1) is 12.9. The zero-order valence-corrected chi connectivity index (χ0v) is 11.3. The lowest BCUT2D eigenvalue weighted by molar-refractivity contribution is 0.531. The Morgan fingerprint density at radius 2 is 2.22 bits per heavy atom. The maximum atomic E-state index is 11.0.